The number of benzene rings is 1. The van der Waals surface area contributed by atoms with Gasteiger partial charge >= 0.3 is 5.97 Å². The second-order valence-corrected chi connectivity index (χ2v) is 7.29. The Kier molecular flexibility index (Phi) is 4.79. The lowest BCUT2D eigenvalue weighted by atomic mass is 9.81. The maximum atomic E-state index is 12.5. The van der Waals surface area contributed by atoms with Gasteiger partial charge in [-0.1, -0.05) is 26.2 Å². The largest absolute Gasteiger partial charge is 0.480 e. The van der Waals surface area contributed by atoms with Gasteiger partial charge in [-0.05, 0) is 49.4 Å². The van der Waals surface area contributed by atoms with Gasteiger partial charge in [-0.3, -0.25) is 9.59 Å². The number of hydrogen-bond donors (Lipinski definition) is 3. The van der Waals surface area contributed by atoms with Crippen molar-refractivity contribution in [1.82, 2.24) is 5.32 Å². The summed E-state index contributed by atoms with van der Waals surface area (Å²) in [5.74, 6) is -0.824. The third-order valence-electron chi connectivity index (χ3n) is 5.33. The second-order valence-electron chi connectivity index (χ2n) is 7.29. The minimum atomic E-state index is -1.16. The third kappa shape index (κ3) is 3.83. The van der Waals surface area contributed by atoms with Crippen LogP contribution >= 0.6 is 0 Å². The summed E-state index contributed by atoms with van der Waals surface area (Å²) in [5.41, 5.74) is -0.125. The van der Waals surface area contributed by atoms with Gasteiger partial charge < -0.3 is 15.7 Å². The average Bonchev–Trinajstić information content (AvgIpc) is 3.33. The number of hydrogen-bond acceptors (Lipinski definition) is 3. The molecule has 6 heteroatoms. The standard InChI is InChI=1S/C19H24N2O4/c1-12-11-15(12)17(23)20-14-7-5-13(6-8-14)16(22)21-19(18(24)25)9-3-2-4-10-19/h5-8,12,15H,2-4,9-11H2,1H3,(H,20,23)(H,21,22)(H,24,25)/t12-,15+/m0/s1. The molecule has 0 aromatic heterocycles. The Hall–Kier alpha value is -2.37. The number of amides is 2. The summed E-state index contributed by atoms with van der Waals surface area (Å²) in [4.78, 5) is 36.0. The normalized spacial score (nSPS) is 24.2. The number of carboxylic acid groups (broad SMARTS) is 1. The molecule has 3 rings (SSSR count). The van der Waals surface area contributed by atoms with E-state index in [4.69, 9.17) is 0 Å². The lowest BCUT2D eigenvalue weighted by Crippen LogP contribution is -2.55. The molecule has 0 aliphatic heterocycles. The van der Waals surface area contributed by atoms with E-state index in [0.717, 1.165) is 25.7 Å². The Morgan fingerprint density at radius 1 is 1.08 bits per heavy atom. The monoisotopic (exact) mass is 344 g/mol. The van der Waals surface area contributed by atoms with Crippen molar-refractivity contribution in [3.05, 3.63) is 29.8 Å². The Labute approximate surface area is 147 Å². The first kappa shape index (κ1) is 17.5. The number of rotatable bonds is 5. The van der Waals surface area contributed by atoms with Crippen molar-refractivity contribution in [2.45, 2.75) is 51.0 Å². The molecule has 2 aliphatic rings. The molecule has 0 spiro atoms. The zero-order valence-corrected chi connectivity index (χ0v) is 14.4. The fourth-order valence-electron chi connectivity index (χ4n) is 3.46. The highest BCUT2D eigenvalue weighted by Gasteiger charge is 2.41. The van der Waals surface area contributed by atoms with Crippen LogP contribution in [-0.4, -0.2) is 28.4 Å². The summed E-state index contributed by atoms with van der Waals surface area (Å²) >= 11 is 0. The molecule has 2 aliphatic carbocycles. The molecule has 2 atom stereocenters. The molecule has 2 amide bonds. The Bertz CT molecular complexity index is 677. The molecule has 2 saturated carbocycles. The predicted molar refractivity (Wildman–Crippen MR) is 93.3 cm³/mol. The molecule has 25 heavy (non-hydrogen) atoms. The summed E-state index contributed by atoms with van der Waals surface area (Å²) in [6.07, 6.45) is 4.44. The van der Waals surface area contributed by atoms with Crippen LogP contribution in [0.15, 0.2) is 24.3 Å². The average molecular weight is 344 g/mol. The van der Waals surface area contributed by atoms with E-state index in [9.17, 15) is 19.5 Å². The van der Waals surface area contributed by atoms with E-state index in [2.05, 4.69) is 10.6 Å². The summed E-state index contributed by atoms with van der Waals surface area (Å²) in [5, 5.41) is 15.1. The summed E-state index contributed by atoms with van der Waals surface area (Å²) in [7, 11) is 0. The Morgan fingerprint density at radius 2 is 1.68 bits per heavy atom. The van der Waals surface area contributed by atoms with Gasteiger partial charge in [-0.25, -0.2) is 4.79 Å². The predicted octanol–water partition coefficient (Wildman–Crippen LogP) is 2.80. The highest BCUT2D eigenvalue weighted by molar-refractivity contribution is 5.99. The van der Waals surface area contributed by atoms with Crippen LogP contribution in [-0.2, 0) is 9.59 Å². The lowest BCUT2D eigenvalue weighted by molar-refractivity contribution is -0.146. The molecule has 0 heterocycles. The van der Waals surface area contributed by atoms with Gasteiger partial charge in [0.05, 0.1) is 0 Å². The van der Waals surface area contributed by atoms with Crippen molar-refractivity contribution in [2.75, 3.05) is 5.32 Å². The maximum Gasteiger partial charge on any atom is 0.329 e. The molecule has 3 N–H and O–H groups in total. The van der Waals surface area contributed by atoms with Crippen molar-refractivity contribution in [3.8, 4) is 0 Å². The maximum absolute atomic E-state index is 12.5. The molecule has 0 unspecified atom stereocenters. The number of nitrogens with one attached hydrogen (secondary N) is 2. The van der Waals surface area contributed by atoms with Crippen LogP contribution in [0.4, 0.5) is 5.69 Å². The third-order valence-corrected chi connectivity index (χ3v) is 5.33. The fourth-order valence-corrected chi connectivity index (χ4v) is 3.46. The topological polar surface area (TPSA) is 95.5 Å². The minimum absolute atomic E-state index is 0.0109. The van der Waals surface area contributed by atoms with Gasteiger partial charge in [0.25, 0.3) is 5.91 Å². The van der Waals surface area contributed by atoms with Crippen LogP contribution in [0.2, 0.25) is 0 Å². The van der Waals surface area contributed by atoms with Crippen LogP contribution in [0.5, 0.6) is 0 Å². The number of anilines is 1. The van der Waals surface area contributed by atoms with Gasteiger partial charge in [0.1, 0.15) is 5.54 Å². The first-order chi connectivity index (χ1) is 11.9. The second kappa shape index (κ2) is 6.86. The number of aliphatic carboxylic acids is 1. The zero-order valence-electron chi connectivity index (χ0n) is 14.4. The van der Waals surface area contributed by atoms with E-state index in [1.54, 1.807) is 24.3 Å². The quantitative estimate of drug-likeness (QED) is 0.765. The van der Waals surface area contributed by atoms with Gasteiger partial charge in [0.15, 0.2) is 0 Å². The van der Waals surface area contributed by atoms with Gasteiger partial charge in [0.2, 0.25) is 5.91 Å². The first-order valence-electron chi connectivity index (χ1n) is 8.88. The van der Waals surface area contributed by atoms with E-state index < -0.39 is 17.4 Å². The summed E-state index contributed by atoms with van der Waals surface area (Å²) in [6, 6.07) is 6.57. The Balaban J connectivity index is 1.64. The Morgan fingerprint density at radius 3 is 2.20 bits per heavy atom. The molecule has 0 bridgehead atoms. The lowest BCUT2D eigenvalue weighted by Gasteiger charge is -2.34. The van der Waals surface area contributed by atoms with Gasteiger partial charge in [-0.15, -0.1) is 0 Å². The number of carbonyl (C=O) groups is 3. The zero-order chi connectivity index (χ0) is 18.0. The van der Waals surface area contributed by atoms with Crippen molar-refractivity contribution in [1.29, 1.82) is 0 Å². The van der Waals surface area contributed by atoms with Crippen molar-refractivity contribution < 1.29 is 19.5 Å². The van der Waals surface area contributed by atoms with Crippen molar-refractivity contribution in [2.24, 2.45) is 11.8 Å². The first-order valence-corrected chi connectivity index (χ1v) is 8.88. The summed E-state index contributed by atoms with van der Waals surface area (Å²) < 4.78 is 0. The highest BCUT2D eigenvalue weighted by Crippen LogP contribution is 2.38. The molecule has 6 nitrogen and oxygen atoms in total. The molecule has 1 aromatic rings. The van der Waals surface area contributed by atoms with Gasteiger partial charge in [-0.2, -0.15) is 0 Å². The summed E-state index contributed by atoms with van der Waals surface area (Å²) in [6.45, 7) is 2.04. The highest BCUT2D eigenvalue weighted by atomic mass is 16.4. The molecule has 1 aromatic carbocycles. The van der Waals surface area contributed by atoms with E-state index in [0.29, 0.717) is 30.0 Å². The number of carbonyl (C=O) groups excluding carboxylic acids is 2. The molecule has 2 fully saturated rings. The van der Waals surface area contributed by atoms with Crippen LogP contribution in [0.1, 0.15) is 55.8 Å². The van der Waals surface area contributed by atoms with E-state index in [-0.39, 0.29) is 11.8 Å². The molecular weight excluding hydrogens is 320 g/mol. The van der Waals surface area contributed by atoms with Crippen LogP contribution in [0, 0.1) is 11.8 Å². The van der Waals surface area contributed by atoms with E-state index >= 15 is 0 Å². The molecule has 134 valence electrons. The minimum Gasteiger partial charge on any atom is -0.480 e. The van der Waals surface area contributed by atoms with Crippen molar-refractivity contribution >= 4 is 23.5 Å². The smallest absolute Gasteiger partial charge is 0.329 e. The van der Waals surface area contributed by atoms with Crippen LogP contribution in [0.25, 0.3) is 0 Å². The number of carboxylic acids is 1. The van der Waals surface area contributed by atoms with E-state index in [1.165, 1.54) is 0 Å². The molecule has 0 saturated heterocycles. The van der Waals surface area contributed by atoms with Crippen LogP contribution < -0.4 is 10.6 Å². The fraction of sp³-hybridized carbons (Fsp3) is 0.526. The van der Waals surface area contributed by atoms with Gasteiger partial charge in [0, 0.05) is 17.2 Å². The van der Waals surface area contributed by atoms with Crippen LogP contribution in [0.3, 0.4) is 0 Å². The SMILES string of the molecule is C[C@H]1C[C@H]1C(=O)Nc1ccc(C(=O)NC2(C(=O)O)CCCCC2)cc1. The van der Waals surface area contributed by atoms with E-state index in [1.807, 2.05) is 6.92 Å². The van der Waals surface area contributed by atoms with Crippen molar-refractivity contribution in [3.63, 3.8) is 0 Å². The molecule has 0 radical (unpaired) electrons. The molecular formula is C19H24N2O4.